The van der Waals surface area contributed by atoms with Crippen LogP contribution in [0.15, 0.2) is 36.8 Å². The molecule has 4 aromatic rings. The number of aromatic amines is 1. The van der Waals surface area contributed by atoms with Crippen LogP contribution in [0.5, 0.6) is 5.75 Å². The molecule has 0 bridgehead atoms. The molecule has 0 unspecified atom stereocenters. The number of pyridine rings is 1. The van der Waals surface area contributed by atoms with Crippen molar-refractivity contribution in [3.63, 3.8) is 0 Å². The number of nitrogens with zero attached hydrogens (tertiary/aromatic N) is 3. The molecule has 1 aliphatic rings. The summed E-state index contributed by atoms with van der Waals surface area (Å²) in [5.41, 5.74) is 6.51. The van der Waals surface area contributed by atoms with Gasteiger partial charge in [-0.2, -0.15) is 5.10 Å². The standard InChI is InChI=1S/C26H31N5O3/c1-16(2)24-21-12-19(18-6-8-27-9-7-18)4-5-22(21)30-25(24)20-13-23(34-11-10-33-17(3)32)26-28-15-29-31(26)14-20/h4-5,12-16,18,27,30H,6-11H2,1-3H3. The molecule has 1 fully saturated rings. The summed E-state index contributed by atoms with van der Waals surface area (Å²) in [4.78, 5) is 19.1. The molecule has 0 radical (unpaired) electrons. The minimum atomic E-state index is -0.325. The lowest BCUT2D eigenvalue weighted by molar-refractivity contribution is -0.141. The Morgan fingerprint density at radius 1 is 1.21 bits per heavy atom. The van der Waals surface area contributed by atoms with Crippen molar-refractivity contribution in [1.29, 1.82) is 0 Å². The lowest BCUT2D eigenvalue weighted by atomic mass is 9.88. The zero-order valence-electron chi connectivity index (χ0n) is 19.9. The smallest absolute Gasteiger partial charge is 0.302 e. The molecule has 1 aliphatic heterocycles. The Labute approximate surface area is 198 Å². The second-order valence-electron chi connectivity index (χ2n) is 9.21. The molecule has 2 N–H and O–H groups in total. The van der Waals surface area contributed by atoms with Gasteiger partial charge in [0.25, 0.3) is 0 Å². The molecule has 8 nitrogen and oxygen atoms in total. The number of carbonyl (C=O) groups excluding carboxylic acids is 1. The first-order chi connectivity index (χ1) is 16.5. The van der Waals surface area contributed by atoms with Crippen molar-refractivity contribution >= 4 is 22.5 Å². The van der Waals surface area contributed by atoms with Gasteiger partial charge in [0.1, 0.15) is 19.5 Å². The summed E-state index contributed by atoms with van der Waals surface area (Å²) in [6.45, 7) is 8.43. The van der Waals surface area contributed by atoms with E-state index in [9.17, 15) is 4.79 Å². The number of hydrogen-bond donors (Lipinski definition) is 2. The number of benzene rings is 1. The Hall–Kier alpha value is -3.39. The third-order valence-electron chi connectivity index (χ3n) is 6.53. The van der Waals surface area contributed by atoms with Crippen LogP contribution in [0, 0.1) is 0 Å². The van der Waals surface area contributed by atoms with Crippen molar-refractivity contribution in [2.24, 2.45) is 0 Å². The number of rotatable bonds is 7. The highest BCUT2D eigenvalue weighted by molar-refractivity contribution is 5.92. The third kappa shape index (κ3) is 4.37. The third-order valence-corrected chi connectivity index (χ3v) is 6.53. The predicted octanol–water partition coefficient (Wildman–Crippen LogP) is 4.41. The Bertz CT molecular complexity index is 1320. The molecule has 34 heavy (non-hydrogen) atoms. The van der Waals surface area contributed by atoms with Crippen molar-refractivity contribution < 1.29 is 14.3 Å². The van der Waals surface area contributed by atoms with Crippen LogP contribution in [0.3, 0.4) is 0 Å². The number of carbonyl (C=O) groups is 1. The van der Waals surface area contributed by atoms with Gasteiger partial charge in [0, 0.05) is 29.6 Å². The van der Waals surface area contributed by atoms with Gasteiger partial charge in [-0.25, -0.2) is 9.50 Å². The Morgan fingerprint density at radius 2 is 2.03 bits per heavy atom. The lowest BCUT2D eigenvalue weighted by Crippen LogP contribution is -2.26. The number of hydrogen-bond acceptors (Lipinski definition) is 6. The van der Waals surface area contributed by atoms with Gasteiger partial charge in [-0.05, 0) is 67.1 Å². The maximum atomic E-state index is 11.1. The van der Waals surface area contributed by atoms with E-state index in [-0.39, 0.29) is 19.2 Å². The molecular weight excluding hydrogens is 430 g/mol. The van der Waals surface area contributed by atoms with E-state index in [4.69, 9.17) is 9.47 Å². The molecular formula is C26H31N5O3. The molecule has 1 aromatic carbocycles. The fourth-order valence-corrected chi connectivity index (χ4v) is 4.94. The van der Waals surface area contributed by atoms with Crippen LogP contribution < -0.4 is 10.1 Å². The first-order valence-corrected chi connectivity index (χ1v) is 12.0. The summed E-state index contributed by atoms with van der Waals surface area (Å²) in [5.74, 6) is 1.21. The zero-order chi connectivity index (χ0) is 23.7. The minimum absolute atomic E-state index is 0.183. The summed E-state index contributed by atoms with van der Waals surface area (Å²) >= 11 is 0. The Kier molecular flexibility index (Phi) is 6.24. The van der Waals surface area contributed by atoms with Crippen LogP contribution >= 0.6 is 0 Å². The van der Waals surface area contributed by atoms with Crippen LogP contribution in [-0.2, 0) is 9.53 Å². The van der Waals surface area contributed by atoms with Gasteiger partial charge in [0.05, 0.1) is 5.69 Å². The number of nitrogens with one attached hydrogen (secondary N) is 2. The van der Waals surface area contributed by atoms with Gasteiger partial charge < -0.3 is 19.8 Å². The van der Waals surface area contributed by atoms with E-state index in [2.05, 4.69) is 52.4 Å². The van der Waals surface area contributed by atoms with Gasteiger partial charge in [-0.15, -0.1) is 0 Å². The van der Waals surface area contributed by atoms with E-state index < -0.39 is 0 Å². The van der Waals surface area contributed by atoms with Crippen molar-refractivity contribution in [2.45, 2.75) is 45.4 Å². The minimum Gasteiger partial charge on any atom is -0.486 e. The van der Waals surface area contributed by atoms with Gasteiger partial charge in [0.15, 0.2) is 11.4 Å². The Morgan fingerprint density at radius 3 is 2.79 bits per heavy atom. The fourth-order valence-electron chi connectivity index (χ4n) is 4.94. The molecule has 8 heteroatoms. The van der Waals surface area contributed by atoms with E-state index in [1.54, 1.807) is 4.52 Å². The maximum absolute atomic E-state index is 11.1. The van der Waals surface area contributed by atoms with E-state index in [0.29, 0.717) is 23.2 Å². The first kappa shape index (κ1) is 22.4. The molecule has 5 rings (SSSR count). The molecule has 0 amide bonds. The zero-order valence-corrected chi connectivity index (χ0v) is 19.9. The average molecular weight is 462 g/mol. The topological polar surface area (TPSA) is 93.5 Å². The van der Waals surface area contributed by atoms with E-state index >= 15 is 0 Å². The number of esters is 1. The van der Waals surface area contributed by atoms with Crippen molar-refractivity contribution in [3.05, 3.63) is 47.9 Å². The number of H-pyrrole nitrogens is 1. The van der Waals surface area contributed by atoms with Gasteiger partial charge in [-0.3, -0.25) is 4.79 Å². The van der Waals surface area contributed by atoms with Crippen LogP contribution in [-0.4, -0.2) is 51.9 Å². The van der Waals surface area contributed by atoms with Crippen molar-refractivity contribution in [1.82, 2.24) is 24.9 Å². The molecule has 0 aliphatic carbocycles. The highest BCUT2D eigenvalue weighted by Crippen LogP contribution is 2.39. The fraction of sp³-hybridized carbons (Fsp3) is 0.423. The second-order valence-corrected chi connectivity index (χ2v) is 9.21. The summed E-state index contributed by atoms with van der Waals surface area (Å²) in [7, 11) is 0. The van der Waals surface area contributed by atoms with E-state index in [1.807, 2.05) is 12.3 Å². The van der Waals surface area contributed by atoms with E-state index in [0.717, 1.165) is 29.9 Å². The number of aromatic nitrogens is 4. The highest BCUT2D eigenvalue weighted by Gasteiger charge is 2.21. The summed E-state index contributed by atoms with van der Waals surface area (Å²) < 4.78 is 12.7. The summed E-state index contributed by atoms with van der Waals surface area (Å²) in [6.07, 6.45) is 5.84. The van der Waals surface area contributed by atoms with Crippen LogP contribution in [0.1, 0.15) is 56.6 Å². The quantitative estimate of drug-likeness (QED) is 0.313. The van der Waals surface area contributed by atoms with E-state index in [1.165, 1.54) is 42.6 Å². The van der Waals surface area contributed by atoms with Crippen LogP contribution in [0.2, 0.25) is 0 Å². The number of fused-ring (bicyclic) bond motifs is 2. The van der Waals surface area contributed by atoms with Crippen LogP contribution in [0.25, 0.3) is 27.8 Å². The normalized spacial score (nSPS) is 14.8. The molecule has 4 heterocycles. The lowest BCUT2D eigenvalue weighted by Gasteiger charge is -2.23. The predicted molar refractivity (Wildman–Crippen MR) is 131 cm³/mol. The SMILES string of the molecule is CC(=O)OCCOc1cc(-c2[nH]c3ccc(C4CCNCC4)cc3c2C(C)C)cn2ncnc12. The number of piperidine rings is 1. The monoisotopic (exact) mass is 461 g/mol. The summed E-state index contributed by atoms with van der Waals surface area (Å²) in [5, 5.41) is 9.08. The first-order valence-electron chi connectivity index (χ1n) is 12.0. The molecule has 178 valence electrons. The number of ether oxygens (including phenoxy) is 2. The maximum Gasteiger partial charge on any atom is 0.302 e. The average Bonchev–Trinajstić information content (AvgIpc) is 3.46. The van der Waals surface area contributed by atoms with Crippen LogP contribution in [0.4, 0.5) is 0 Å². The molecule has 0 saturated carbocycles. The highest BCUT2D eigenvalue weighted by atomic mass is 16.6. The molecule has 1 saturated heterocycles. The molecule has 0 spiro atoms. The van der Waals surface area contributed by atoms with Gasteiger partial charge in [0.2, 0.25) is 0 Å². The van der Waals surface area contributed by atoms with Gasteiger partial charge >= 0.3 is 5.97 Å². The summed E-state index contributed by atoms with van der Waals surface area (Å²) in [6, 6.07) is 8.85. The molecule has 0 atom stereocenters. The van der Waals surface area contributed by atoms with Crippen molar-refractivity contribution in [2.75, 3.05) is 26.3 Å². The molecule has 3 aromatic heterocycles. The second kappa shape index (κ2) is 9.46. The Balaban J connectivity index is 1.55. The van der Waals surface area contributed by atoms with Crippen molar-refractivity contribution in [3.8, 4) is 17.0 Å². The largest absolute Gasteiger partial charge is 0.486 e. The van der Waals surface area contributed by atoms with Gasteiger partial charge in [-0.1, -0.05) is 19.9 Å².